The summed E-state index contributed by atoms with van der Waals surface area (Å²) in [6.07, 6.45) is 4.78. The Labute approximate surface area is 120 Å². The molecule has 112 valence electrons. The summed E-state index contributed by atoms with van der Waals surface area (Å²) < 4.78 is 0. The fourth-order valence-electron chi connectivity index (χ4n) is 1.57. The Kier molecular flexibility index (Phi) is 9.00. The number of carbonyl (C=O) groups excluding carboxylic acids is 3. The minimum Gasteiger partial charge on any atom is -0.356 e. The predicted molar refractivity (Wildman–Crippen MR) is 79.1 cm³/mol. The van der Waals surface area contributed by atoms with E-state index in [1.54, 1.807) is 26.0 Å². The molecule has 0 saturated heterocycles. The van der Waals surface area contributed by atoms with Crippen LogP contribution in [-0.2, 0) is 14.4 Å². The van der Waals surface area contributed by atoms with Crippen LogP contribution >= 0.6 is 0 Å². The van der Waals surface area contributed by atoms with Gasteiger partial charge in [0.05, 0.1) is 0 Å². The molecule has 0 aromatic carbocycles. The van der Waals surface area contributed by atoms with Crippen LogP contribution in [0, 0.1) is 0 Å². The Bertz CT molecular complexity index is 407. The van der Waals surface area contributed by atoms with Crippen LogP contribution in [0.15, 0.2) is 23.3 Å². The van der Waals surface area contributed by atoms with Crippen LogP contribution in [0.2, 0.25) is 0 Å². The SMILES string of the molecule is C/C=C(\C=C(C)C)C(=O)NC(C)CC(=O)NCCC=O. The van der Waals surface area contributed by atoms with Gasteiger partial charge in [-0.3, -0.25) is 9.59 Å². The van der Waals surface area contributed by atoms with Crippen molar-refractivity contribution in [2.75, 3.05) is 6.54 Å². The third kappa shape index (κ3) is 8.24. The van der Waals surface area contributed by atoms with E-state index in [0.29, 0.717) is 18.5 Å². The van der Waals surface area contributed by atoms with Gasteiger partial charge in [0.2, 0.25) is 5.91 Å². The Hall–Kier alpha value is -1.91. The van der Waals surface area contributed by atoms with Crippen LogP contribution in [0.4, 0.5) is 0 Å². The molecule has 2 N–H and O–H groups in total. The number of nitrogens with one attached hydrogen (secondary N) is 2. The van der Waals surface area contributed by atoms with E-state index >= 15 is 0 Å². The molecular weight excluding hydrogens is 256 g/mol. The van der Waals surface area contributed by atoms with E-state index in [-0.39, 0.29) is 24.3 Å². The molecule has 0 heterocycles. The Morgan fingerprint density at radius 1 is 1.25 bits per heavy atom. The number of hydrogen-bond acceptors (Lipinski definition) is 3. The van der Waals surface area contributed by atoms with Crippen molar-refractivity contribution in [1.82, 2.24) is 10.6 Å². The number of rotatable bonds is 8. The molecule has 0 aliphatic carbocycles. The molecule has 0 spiro atoms. The summed E-state index contributed by atoms with van der Waals surface area (Å²) in [6, 6.07) is -0.265. The summed E-state index contributed by atoms with van der Waals surface area (Å²) >= 11 is 0. The van der Waals surface area contributed by atoms with Gasteiger partial charge in [-0.25, -0.2) is 0 Å². The molecule has 1 atom stereocenters. The van der Waals surface area contributed by atoms with E-state index < -0.39 is 0 Å². The van der Waals surface area contributed by atoms with Crippen molar-refractivity contribution in [2.45, 2.75) is 46.6 Å². The summed E-state index contributed by atoms with van der Waals surface area (Å²) in [5, 5.41) is 5.39. The van der Waals surface area contributed by atoms with Gasteiger partial charge in [-0.15, -0.1) is 0 Å². The van der Waals surface area contributed by atoms with Crippen molar-refractivity contribution in [2.24, 2.45) is 0 Å². The summed E-state index contributed by atoms with van der Waals surface area (Å²) in [6.45, 7) is 7.74. The lowest BCUT2D eigenvalue weighted by molar-refractivity contribution is -0.122. The van der Waals surface area contributed by atoms with E-state index in [9.17, 15) is 14.4 Å². The van der Waals surface area contributed by atoms with Gasteiger partial charge in [-0.2, -0.15) is 0 Å². The fourth-order valence-corrected chi connectivity index (χ4v) is 1.57. The fraction of sp³-hybridized carbons (Fsp3) is 0.533. The van der Waals surface area contributed by atoms with Crippen LogP contribution in [0.1, 0.15) is 40.5 Å². The molecule has 0 aromatic heterocycles. The van der Waals surface area contributed by atoms with Gasteiger partial charge >= 0.3 is 0 Å². The highest BCUT2D eigenvalue weighted by molar-refractivity contribution is 5.96. The number of allylic oxidation sites excluding steroid dienone is 2. The van der Waals surface area contributed by atoms with E-state index in [2.05, 4.69) is 10.6 Å². The normalized spacial score (nSPS) is 12.3. The summed E-state index contributed by atoms with van der Waals surface area (Å²) in [5.74, 6) is -0.370. The molecule has 20 heavy (non-hydrogen) atoms. The predicted octanol–water partition coefficient (Wildman–Crippen LogP) is 1.50. The van der Waals surface area contributed by atoms with Gasteiger partial charge in [0.1, 0.15) is 6.29 Å². The first-order valence-corrected chi connectivity index (χ1v) is 6.73. The Morgan fingerprint density at radius 2 is 1.90 bits per heavy atom. The maximum atomic E-state index is 12.0. The maximum Gasteiger partial charge on any atom is 0.251 e. The first-order valence-electron chi connectivity index (χ1n) is 6.73. The third-order valence-electron chi connectivity index (χ3n) is 2.47. The first kappa shape index (κ1) is 18.1. The van der Waals surface area contributed by atoms with E-state index in [1.807, 2.05) is 13.8 Å². The number of amides is 2. The molecule has 0 saturated carbocycles. The van der Waals surface area contributed by atoms with Gasteiger partial charge in [0.15, 0.2) is 0 Å². The quantitative estimate of drug-likeness (QED) is 0.306. The molecule has 1 unspecified atom stereocenters. The van der Waals surface area contributed by atoms with Crippen molar-refractivity contribution in [1.29, 1.82) is 0 Å². The zero-order chi connectivity index (χ0) is 15.5. The highest BCUT2D eigenvalue weighted by Crippen LogP contribution is 2.03. The largest absolute Gasteiger partial charge is 0.356 e. The minimum atomic E-state index is -0.265. The van der Waals surface area contributed by atoms with E-state index in [4.69, 9.17) is 0 Å². The molecule has 0 fully saturated rings. The van der Waals surface area contributed by atoms with Crippen LogP contribution in [-0.4, -0.2) is 30.7 Å². The molecule has 2 amide bonds. The topological polar surface area (TPSA) is 75.3 Å². The highest BCUT2D eigenvalue weighted by atomic mass is 16.2. The van der Waals surface area contributed by atoms with Crippen molar-refractivity contribution < 1.29 is 14.4 Å². The van der Waals surface area contributed by atoms with Crippen LogP contribution in [0.5, 0.6) is 0 Å². The van der Waals surface area contributed by atoms with Gasteiger partial charge in [0.25, 0.3) is 5.91 Å². The monoisotopic (exact) mass is 280 g/mol. The van der Waals surface area contributed by atoms with Crippen molar-refractivity contribution >= 4 is 18.1 Å². The third-order valence-corrected chi connectivity index (χ3v) is 2.47. The second-order valence-electron chi connectivity index (χ2n) is 4.85. The number of carbonyl (C=O) groups is 3. The Balaban J connectivity index is 4.28. The van der Waals surface area contributed by atoms with Gasteiger partial charge in [-0.05, 0) is 27.7 Å². The van der Waals surface area contributed by atoms with Crippen LogP contribution in [0.25, 0.3) is 0 Å². The average Bonchev–Trinajstić information content (AvgIpc) is 2.35. The molecule has 0 rings (SSSR count). The summed E-state index contributed by atoms with van der Waals surface area (Å²) in [4.78, 5) is 33.6. The Morgan fingerprint density at radius 3 is 2.40 bits per heavy atom. The first-order chi connectivity index (χ1) is 9.40. The molecule has 5 nitrogen and oxygen atoms in total. The van der Waals surface area contributed by atoms with E-state index in [1.165, 1.54) is 0 Å². The number of hydrogen-bond donors (Lipinski definition) is 2. The smallest absolute Gasteiger partial charge is 0.251 e. The van der Waals surface area contributed by atoms with Crippen LogP contribution in [0.3, 0.4) is 0 Å². The molecule has 5 heteroatoms. The molecule has 0 bridgehead atoms. The average molecular weight is 280 g/mol. The highest BCUT2D eigenvalue weighted by Gasteiger charge is 2.13. The van der Waals surface area contributed by atoms with Crippen molar-refractivity contribution in [3.8, 4) is 0 Å². The minimum absolute atomic E-state index is 0.177. The lowest BCUT2D eigenvalue weighted by atomic mass is 10.1. The second kappa shape index (κ2) is 9.95. The van der Waals surface area contributed by atoms with Gasteiger partial charge < -0.3 is 15.4 Å². The molecule has 0 aliphatic rings. The van der Waals surface area contributed by atoms with Gasteiger partial charge in [0, 0.05) is 31.0 Å². The lowest BCUT2D eigenvalue weighted by Crippen LogP contribution is -2.38. The summed E-state index contributed by atoms with van der Waals surface area (Å²) in [7, 11) is 0. The second-order valence-corrected chi connectivity index (χ2v) is 4.85. The van der Waals surface area contributed by atoms with E-state index in [0.717, 1.165) is 11.9 Å². The summed E-state index contributed by atoms with van der Waals surface area (Å²) in [5.41, 5.74) is 1.62. The lowest BCUT2D eigenvalue weighted by Gasteiger charge is -2.14. The zero-order valence-electron chi connectivity index (χ0n) is 12.7. The molecule has 0 aromatic rings. The molecule has 0 aliphatic heterocycles. The van der Waals surface area contributed by atoms with Crippen LogP contribution < -0.4 is 10.6 Å². The standard InChI is InChI=1S/C15H24N2O3/c1-5-13(9-11(2)3)15(20)17-12(4)10-14(19)16-7-6-8-18/h5,8-9,12H,6-7,10H2,1-4H3,(H,16,19)(H,17,20)/b13-5+. The van der Waals surface area contributed by atoms with Crippen molar-refractivity contribution in [3.63, 3.8) is 0 Å². The molecular formula is C15H24N2O3. The number of aldehydes is 1. The molecule has 0 radical (unpaired) electrons. The van der Waals surface area contributed by atoms with Gasteiger partial charge in [-0.1, -0.05) is 17.7 Å². The van der Waals surface area contributed by atoms with Crippen molar-refractivity contribution in [3.05, 3.63) is 23.3 Å². The maximum absolute atomic E-state index is 12.0. The zero-order valence-corrected chi connectivity index (χ0v) is 12.7.